The average molecular weight is 383 g/mol. The van der Waals surface area contributed by atoms with Crippen molar-refractivity contribution >= 4 is 29.4 Å². The maximum atomic E-state index is 12.3. The largest absolute Gasteiger partial charge is 0.350 e. The van der Waals surface area contributed by atoms with Crippen molar-refractivity contribution in [3.05, 3.63) is 35.9 Å². The summed E-state index contributed by atoms with van der Waals surface area (Å²) in [5.74, 6) is -0.0931. The molecule has 0 aliphatic carbocycles. The Labute approximate surface area is 159 Å². The molecule has 0 aliphatic rings. The van der Waals surface area contributed by atoms with Gasteiger partial charge in [0.2, 0.25) is 11.8 Å². The topological polar surface area (TPSA) is 99.3 Å². The molecule has 1 atom stereocenters. The van der Waals surface area contributed by atoms with E-state index in [0.717, 1.165) is 5.56 Å². The molecule has 0 aliphatic heterocycles. The fourth-order valence-corrected chi connectivity index (χ4v) is 2.42. The number of hydrogen-bond acceptors (Lipinski definition) is 3. The maximum absolute atomic E-state index is 12.3. The molecule has 1 rings (SSSR count). The minimum absolute atomic E-state index is 0.211. The van der Waals surface area contributed by atoms with Crippen molar-refractivity contribution in [1.29, 1.82) is 0 Å². The summed E-state index contributed by atoms with van der Waals surface area (Å²) in [6.07, 6.45) is 1.90. The average Bonchev–Trinajstić information content (AvgIpc) is 2.63. The van der Waals surface area contributed by atoms with Gasteiger partial charge in [0.25, 0.3) is 0 Å². The highest BCUT2D eigenvalue weighted by Gasteiger charge is 2.18. The van der Waals surface area contributed by atoms with Crippen molar-refractivity contribution in [2.75, 3.05) is 19.0 Å². The van der Waals surface area contributed by atoms with Gasteiger partial charge in [-0.15, -0.1) is 11.6 Å². The third kappa shape index (κ3) is 9.88. The lowest BCUT2D eigenvalue weighted by molar-refractivity contribution is -0.128. The van der Waals surface area contributed by atoms with Crippen molar-refractivity contribution in [1.82, 2.24) is 21.3 Å². The minimum atomic E-state index is -0.582. The number of rotatable bonds is 11. The second-order valence-electron chi connectivity index (χ2n) is 5.82. The third-order valence-electron chi connectivity index (χ3n) is 3.59. The second kappa shape index (κ2) is 13.0. The molecular weight excluding hydrogens is 356 g/mol. The first-order valence-electron chi connectivity index (χ1n) is 8.69. The van der Waals surface area contributed by atoms with Crippen LogP contribution in [0.15, 0.2) is 30.3 Å². The molecule has 1 aromatic carbocycles. The maximum Gasteiger partial charge on any atom is 0.314 e. The van der Waals surface area contributed by atoms with Gasteiger partial charge in [-0.25, -0.2) is 4.79 Å². The highest BCUT2D eigenvalue weighted by molar-refractivity contribution is 6.18. The predicted molar refractivity (Wildman–Crippen MR) is 102 cm³/mol. The van der Waals surface area contributed by atoms with E-state index >= 15 is 0 Å². The number of amides is 4. The summed E-state index contributed by atoms with van der Waals surface area (Å²) in [4.78, 5) is 35.0. The van der Waals surface area contributed by atoms with Gasteiger partial charge in [0.05, 0.1) is 0 Å². The third-order valence-corrected chi connectivity index (χ3v) is 3.78. The summed E-state index contributed by atoms with van der Waals surface area (Å²) in [6, 6.07) is 8.73. The lowest BCUT2D eigenvalue weighted by Gasteiger charge is -2.17. The zero-order valence-corrected chi connectivity index (χ0v) is 15.8. The highest BCUT2D eigenvalue weighted by Crippen LogP contribution is 2.03. The van der Waals surface area contributed by atoms with Crippen LogP contribution in [0.2, 0.25) is 0 Å². The summed E-state index contributed by atoms with van der Waals surface area (Å²) in [7, 11) is 0. The molecule has 0 fully saturated rings. The van der Waals surface area contributed by atoms with Crippen LogP contribution in [0.1, 0.15) is 31.7 Å². The second-order valence-corrected chi connectivity index (χ2v) is 6.20. The van der Waals surface area contributed by atoms with E-state index in [2.05, 4.69) is 21.3 Å². The summed E-state index contributed by atoms with van der Waals surface area (Å²) in [5.41, 5.74) is 0.995. The molecule has 7 nitrogen and oxygen atoms in total. The fourth-order valence-electron chi connectivity index (χ4n) is 2.32. The fraction of sp³-hybridized carbons (Fsp3) is 0.500. The number of benzene rings is 1. The Morgan fingerprint density at radius 1 is 1.00 bits per heavy atom. The predicted octanol–water partition coefficient (Wildman–Crippen LogP) is 1.52. The van der Waals surface area contributed by atoms with Crippen molar-refractivity contribution in [3.8, 4) is 0 Å². The van der Waals surface area contributed by atoms with Gasteiger partial charge in [-0.05, 0) is 24.8 Å². The Balaban J connectivity index is 2.32. The van der Waals surface area contributed by atoms with Gasteiger partial charge in [0.15, 0.2) is 0 Å². The molecule has 0 saturated carbocycles. The van der Waals surface area contributed by atoms with Crippen molar-refractivity contribution < 1.29 is 14.4 Å². The Hall–Kier alpha value is -2.28. The molecule has 26 heavy (non-hydrogen) atoms. The van der Waals surface area contributed by atoms with E-state index < -0.39 is 6.04 Å². The Morgan fingerprint density at radius 2 is 1.69 bits per heavy atom. The number of unbranched alkanes of at least 4 members (excludes halogenated alkanes) is 1. The molecule has 0 heterocycles. The van der Waals surface area contributed by atoms with Gasteiger partial charge >= 0.3 is 6.03 Å². The number of carbonyl (C=O) groups is 3. The molecule has 144 valence electrons. The number of urea groups is 1. The summed E-state index contributed by atoms with van der Waals surface area (Å²) in [5, 5.41) is 10.8. The first-order valence-corrected chi connectivity index (χ1v) is 9.22. The quantitative estimate of drug-likeness (QED) is 0.345. The molecule has 0 radical (unpaired) electrons. The van der Waals surface area contributed by atoms with Crippen molar-refractivity contribution in [2.24, 2.45) is 0 Å². The lowest BCUT2D eigenvalue weighted by atomic mass is 10.1. The summed E-state index contributed by atoms with van der Waals surface area (Å²) >= 11 is 5.49. The van der Waals surface area contributed by atoms with Gasteiger partial charge in [-0.1, -0.05) is 30.3 Å². The molecule has 8 heteroatoms. The van der Waals surface area contributed by atoms with Crippen LogP contribution in [0.5, 0.6) is 0 Å². The monoisotopic (exact) mass is 382 g/mol. The first-order chi connectivity index (χ1) is 12.5. The molecule has 4 N–H and O–H groups in total. The molecule has 0 saturated heterocycles. The number of nitrogens with one attached hydrogen (secondary N) is 4. The molecule has 0 unspecified atom stereocenters. The van der Waals surface area contributed by atoms with Crippen molar-refractivity contribution in [3.63, 3.8) is 0 Å². The van der Waals surface area contributed by atoms with Crippen LogP contribution in [0.4, 0.5) is 4.79 Å². The minimum Gasteiger partial charge on any atom is -0.350 e. The van der Waals surface area contributed by atoms with E-state index in [0.29, 0.717) is 44.8 Å². The normalized spacial score (nSPS) is 11.3. The number of hydrogen-bond donors (Lipinski definition) is 4. The molecule has 4 amide bonds. The van der Waals surface area contributed by atoms with Crippen LogP contribution in [-0.4, -0.2) is 42.9 Å². The van der Waals surface area contributed by atoms with E-state index in [9.17, 15) is 14.4 Å². The molecular formula is C18H27ClN4O3. The van der Waals surface area contributed by atoms with Crippen LogP contribution in [0.3, 0.4) is 0 Å². The molecule has 0 spiro atoms. The first kappa shape index (κ1) is 21.8. The van der Waals surface area contributed by atoms with Gasteiger partial charge in [-0.2, -0.15) is 0 Å². The number of carbonyl (C=O) groups excluding carboxylic acids is 3. The SMILES string of the molecule is CC(=O)N[C@H](CCCCNC(=O)NCCCl)C(=O)NCc1ccccc1. The highest BCUT2D eigenvalue weighted by atomic mass is 35.5. The van der Waals surface area contributed by atoms with Crippen LogP contribution in [0.25, 0.3) is 0 Å². The van der Waals surface area contributed by atoms with E-state index in [1.54, 1.807) is 0 Å². The number of halogens is 1. The summed E-state index contributed by atoms with van der Waals surface area (Å²) < 4.78 is 0. The van der Waals surface area contributed by atoms with Gasteiger partial charge in [0, 0.05) is 32.4 Å². The van der Waals surface area contributed by atoms with Crippen LogP contribution in [-0.2, 0) is 16.1 Å². The Bertz CT molecular complexity index is 569. The zero-order chi connectivity index (χ0) is 19.2. The molecule has 1 aromatic rings. The van der Waals surface area contributed by atoms with Gasteiger partial charge in [-0.3, -0.25) is 9.59 Å². The van der Waals surface area contributed by atoms with Crippen LogP contribution >= 0.6 is 11.6 Å². The summed E-state index contributed by atoms with van der Waals surface area (Å²) in [6.45, 7) is 2.71. The van der Waals surface area contributed by atoms with Gasteiger partial charge in [0.1, 0.15) is 6.04 Å². The zero-order valence-electron chi connectivity index (χ0n) is 15.0. The van der Waals surface area contributed by atoms with E-state index in [4.69, 9.17) is 11.6 Å². The van der Waals surface area contributed by atoms with Crippen molar-refractivity contribution in [2.45, 2.75) is 38.8 Å². The lowest BCUT2D eigenvalue weighted by Crippen LogP contribution is -2.45. The van der Waals surface area contributed by atoms with Crippen LogP contribution in [0, 0.1) is 0 Å². The van der Waals surface area contributed by atoms with E-state index in [-0.39, 0.29) is 17.8 Å². The Morgan fingerprint density at radius 3 is 2.35 bits per heavy atom. The van der Waals surface area contributed by atoms with Crippen LogP contribution < -0.4 is 21.3 Å². The standard InChI is InChI=1S/C18H27ClN4O3/c1-14(24)23-16(9-5-6-11-20-18(26)21-12-10-19)17(25)22-13-15-7-3-2-4-8-15/h2-4,7-8,16H,5-6,9-13H2,1H3,(H,22,25)(H,23,24)(H2,20,21,26)/t16-/m1/s1. The molecule has 0 bridgehead atoms. The van der Waals surface area contributed by atoms with E-state index in [1.807, 2.05) is 30.3 Å². The molecule has 0 aromatic heterocycles. The Kier molecular flexibility index (Phi) is 10.9. The smallest absolute Gasteiger partial charge is 0.314 e. The van der Waals surface area contributed by atoms with Gasteiger partial charge < -0.3 is 21.3 Å². The van der Waals surface area contributed by atoms with E-state index in [1.165, 1.54) is 6.92 Å². The number of alkyl halides is 1.